The number of benzene rings is 1. The van der Waals surface area contributed by atoms with Crippen LogP contribution in [0.3, 0.4) is 0 Å². The second-order valence-corrected chi connectivity index (χ2v) is 5.03. The van der Waals surface area contributed by atoms with Gasteiger partial charge in [0.05, 0.1) is 23.5 Å². The summed E-state index contributed by atoms with van der Waals surface area (Å²) in [6, 6.07) is 7.09. The molecule has 0 saturated heterocycles. The van der Waals surface area contributed by atoms with Gasteiger partial charge in [-0.25, -0.2) is 0 Å². The summed E-state index contributed by atoms with van der Waals surface area (Å²) in [6.07, 6.45) is 0. The molecule has 1 amide bonds. The molecule has 5 heteroatoms. The molecular weight excluding hydrogens is 228 g/mol. The first kappa shape index (κ1) is 13.8. The van der Waals surface area contributed by atoms with Crippen molar-refractivity contribution in [2.45, 2.75) is 26.3 Å². The zero-order valence-electron chi connectivity index (χ0n) is 10.9. The maximum absolute atomic E-state index is 11.6. The van der Waals surface area contributed by atoms with E-state index in [0.29, 0.717) is 16.9 Å². The van der Waals surface area contributed by atoms with Crippen molar-refractivity contribution in [3.63, 3.8) is 0 Å². The SMILES string of the molecule is CC(C)(C)NC(=O)CNc1cccc(C#N)c1N. The van der Waals surface area contributed by atoms with Crippen LogP contribution in [0.1, 0.15) is 26.3 Å². The minimum atomic E-state index is -0.265. The molecule has 0 saturated carbocycles. The van der Waals surface area contributed by atoms with E-state index in [1.54, 1.807) is 18.2 Å². The van der Waals surface area contributed by atoms with Crippen LogP contribution >= 0.6 is 0 Å². The number of hydrogen-bond donors (Lipinski definition) is 3. The largest absolute Gasteiger partial charge is 0.396 e. The van der Waals surface area contributed by atoms with Gasteiger partial charge in [0.15, 0.2) is 0 Å². The molecule has 0 bridgehead atoms. The summed E-state index contributed by atoms with van der Waals surface area (Å²) in [4.78, 5) is 11.6. The van der Waals surface area contributed by atoms with Crippen molar-refractivity contribution in [2.75, 3.05) is 17.6 Å². The van der Waals surface area contributed by atoms with Gasteiger partial charge in [-0.15, -0.1) is 0 Å². The van der Waals surface area contributed by atoms with Crippen LogP contribution in [0.4, 0.5) is 11.4 Å². The van der Waals surface area contributed by atoms with Gasteiger partial charge in [-0.1, -0.05) is 6.07 Å². The number of nitrogens with two attached hydrogens (primary N) is 1. The van der Waals surface area contributed by atoms with Crippen LogP contribution in [0.25, 0.3) is 0 Å². The van der Waals surface area contributed by atoms with Gasteiger partial charge in [0.2, 0.25) is 5.91 Å². The summed E-state index contributed by atoms with van der Waals surface area (Å²) < 4.78 is 0. The van der Waals surface area contributed by atoms with Crippen molar-refractivity contribution in [3.05, 3.63) is 23.8 Å². The Hall–Kier alpha value is -2.22. The lowest BCUT2D eigenvalue weighted by atomic mass is 10.1. The minimum absolute atomic E-state index is 0.121. The summed E-state index contributed by atoms with van der Waals surface area (Å²) in [5.41, 5.74) is 6.88. The number of carbonyl (C=O) groups is 1. The maximum atomic E-state index is 11.6. The van der Waals surface area contributed by atoms with Crippen LogP contribution < -0.4 is 16.4 Å². The molecule has 0 unspecified atom stereocenters. The third kappa shape index (κ3) is 3.98. The fraction of sp³-hybridized carbons (Fsp3) is 0.385. The third-order valence-corrected chi connectivity index (χ3v) is 2.18. The van der Waals surface area contributed by atoms with E-state index in [-0.39, 0.29) is 18.0 Å². The van der Waals surface area contributed by atoms with Crippen LogP contribution in [0, 0.1) is 11.3 Å². The molecule has 1 aromatic rings. The van der Waals surface area contributed by atoms with Crippen molar-refractivity contribution >= 4 is 17.3 Å². The number of nitrogens with zero attached hydrogens (tertiary/aromatic N) is 1. The summed E-state index contributed by atoms with van der Waals surface area (Å²) in [6.45, 7) is 5.86. The van der Waals surface area contributed by atoms with Gasteiger partial charge < -0.3 is 16.4 Å². The first-order chi connectivity index (χ1) is 8.33. The molecule has 0 aliphatic heterocycles. The van der Waals surface area contributed by atoms with Crippen LogP contribution in [0.2, 0.25) is 0 Å². The Bertz CT molecular complexity index is 483. The molecule has 0 fully saturated rings. The molecule has 0 aliphatic carbocycles. The Morgan fingerprint density at radius 3 is 2.67 bits per heavy atom. The average molecular weight is 246 g/mol. The first-order valence-electron chi connectivity index (χ1n) is 5.67. The second-order valence-electron chi connectivity index (χ2n) is 5.03. The number of anilines is 2. The summed E-state index contributed by atoms with van der Waals surface area (Å²) in [5.74, 6) is -0.121. The highest BCUT2D eigenvalue weighted by molar-refractivity contribution is 5.83. The molecule has 4 N–H and O–H groups in total. The zero-order valence-corrected chi connectivity index (χ0v) is 10.9. The Morgan fingerprint density at radius 1 is 1.44 bits per heavy atom. The molecule has 1 rings (SSSR count). The number of nitriles is 1. The van der Waals surface area contributed by atoms with Crippen molar-refractivity contribution in [1.29, 1.82) is 5.26 Å². The van der Waals surface area contributed by atoms with E-state index in [1.807, 2.05) is 26.8 Å². The molecule has 5 nitrogen and oxygen atoms in total. The minimum Gasteiger partial charge on any atom is -0.396 e. The lowest BCUT2D eigenvalue weighted by Crippen LogP contribution is -2.43. The zero-order chi connectivity index (χ0) is 13.8. The Morgan fingerprint density at radius 2 is 2.11 bits per heavy atom. The lowest BCUT2D eigenvalue weighted by Gasteiger charge is -2.21. The molecule has 0 heterocycles. The molecule has 0 aromatic heterocycles. The fourth-order valence-corrected chi connectivity index (χ4v) is 1.45. The monoisotopic (exact) mass is 246 g/mol. The number of carbonyl (C=O) groups excluding carboxylic acids is 1. The van der Waals surface area contributed by atoms with Crippen LogP contribution in [0.5, 0.6) is 0 Å². The van der Waals surface area contributed by atoms with Gasteiger partial charge in [0.25, 0.3) is 0 Å². The molecule has 0 radical (unpaired) electrons. The van der Waals surface area contributed by atoms with Gasteiger partial charge in [-0.05, 0) is 32.9 Å². The maximum Gasteiger partial charge on any atom is 0.239 e. The number of rotatable bonds is 3. The number of nitrogens with one attached hydrogen (secondary N) is 2. The van der Waals surface area contributed by atoms with Gasteiger partial charge in [-0.3, -0.25) is 4.79 Å². The average Bonchev–Trinajstić information content (AvgIpc) is 2.25. The third-order valence-electron chi connectivity index (χ3n) is 2.18. The van der Waals surface area contributed by atoms with E-state index < -0.39 is 0 Å². The van der Waals surface area contributed by atoms with Crippen LogP contribution in [-0.4, -0.2) is 18.0 Å². The number of amides is 1. The van der Waals surface area contributed by atoms with Crippen molar-refractivity contribution in [1.82, 2.24) is 5.32 Å². The quantitative estimate of drug-likeness (QED) is 0.704. The lowest BCUT2D eigenvalue weighted by molar-refractivity contribution is -0.120. The Kier molecular flexibility index (Phi) is 4.16. The standard InChI is InChI=1S/C13H18N4O/c1-13(2,3)17-11(18)8-16-10-6-4-5-9(7-14)12(10)15/h4-6,16H,8,15H2,1-3H3,(H,17,18). The van der Waals surface area contributed by atoms with Crippen LogP contribution in [-0.2, 0) is 4.79 Å². The molecule has 96 valence electrons. The Balaban J connectivity index is 2.65. The van der Waals surface area contributed by atoms with Crippen molar-refractivity contribution in [2.24, 2.45) is 0 Å². The van der Waals surface area contributed by atoms with E-state index in [2.05, 4.69) is 10.6 Å². The molecule has 0 atom stereocenters. The molecule has 0 spiro atoms. The molecule has 18 heavy (non-hydrogen) atoms. The predicted molar refractivity (Wildman–Crippen MR) is 72.0 cm³/mol. The van der Waals surface area contributed by atoms with Crippen LogP contribution in [0.15, 0.2) is 18.2 Å². The second kappa shape index (κ2) is 5.41. The van der Waals surface area contributed by atoms with E-state index in [1.165, 1.54) is 0 Å². The molecular formula is C13H18N4O. The van der Waals surface area contributed by atoms with E-state index in [4.69, 9.17) is 11.0 Å². The van der Waals surface area contributed by atoms with Gasteiger partial charge >= 0.3 is 0 Å². The van der Waals surface area contributed by atoms with E-state index in [9.17, 15) is 4.79 Å². The Labute approximate surface area is 107 Å². The van der Waals surface area contributed by atoms with Gasteiger partial charge in [0.1, 0.15) is 6.07 Å². The van der Waals surface area contributed by atoms with E-state index in [0.717, 1.165) is 0 Å². The highest BCUT2D eigenvalue weighted by Gasteiger charge is 2.13. The summed E-state index contributed by atoms with van der Waals surface area (Å²) in [5, 5.41) is 14.6. The number of nitrogen functional groups attached to an aromatic ring is 1. The highest BCUT2D eigenvalue weighted by Crippen LogP contribution is 2.21. The smallest absolute Gasteiger partial charge is 0.239 e. The molecule has 0 aliphatic rings. The first-order valence-corrected chi connectivity index (χ1v) is 5.67. The van der Waals surface area contributed by atoms with Crippen molar-refractivity contribution < 1.29 is 4.79 Å². The van der Waals surface area contributed by atoms with Gasteiger partial charge in [-0.2, -0.15) is 5.26 Å². The summed E-state index contributed by atoms with van der Waals surface area (Å²) in [7, 11) is 0. The van der Waals surface area contributed by atoms with Gasteiger partial charge in [0, 0.05) is 5.54 Å². The fourth-order valence-electron chi connectivity index (χ4n) is 1.45. The normalized spacial score (nSPS) is 10.6. The predicted octanol–water partition coefficient (Wildman–Crippen LogP) is 1.47. The van der Waals surface area contributed by atoms with E-state index >= 15 is 0 Å². The topological polar surface area (TPSA) is 90.9 Å². The highest BCUT2D eigenvalue weighted by atomic mass is 16.2. The number of para-hydroxylation sites is 1. The van der Waals surface area contributed by atoms with Crippen molar-refractivity contribution in [3.8, 4) is 6.07 Å². The molecule has 1 aromatic carbocycles. The number of hydrogen-bond acceptors (Lipinski definition) is 4. The summed E-state index contributed by atoms with van der Waals surface area (Å²) >= 11 is 0.